The lowest BCUT2D eigenvalue weighted by Crippen LogP contribution is -2.05. The van der Waals surface area contributed by atoms with Gasteiger partial charge in [-0.2, -0.15) is 0 Å². The molecule has 1 N–H and O–H groups in total. The van der Waals surface area contributed by atoms with Crippen LogP contribution in [0.3, 0.4) is 0 Å². The summed E-state index contributed by atoms with van der Waals surface area (Å²) >= 11 is 0. The molecule has 94 valence electrons. The molecule has 0 spiro atoms. The quantitative estimate of drug-likeness (QED) is 0.868. The van der Waals surface area contributed by atoms with Crippen molar-refractivity contribution in [1.29, 1.82) is 0 Å². The standard InChI is InChI=1S/C14H12F3N/c1-9-4-2-3-5-10(9)8-18-14-12(16)6-11(15)7-13(14)17/h2-7,18H,8H2,1H3. The average Bonchev–Trinajstić information content (AvgIpc) is 2.30. The summed E-state index contributed by atoms with van der Waals surface area (Å²) in [5.74, 6) is -2.78. The molecule has 0 heterocycles. The number of anilines is 1. The van der Waals surface area contributed by atoms with Gasteiger partial charge in [-0.25, -0.2) is 13.2 Å². The highest BCUT2D eigenvalue weighted by Crippen LogP contribution is 2.21. The summed E-state index contributed by atoms with van der Waals surface area (Å²) in [6.45, 7) is 2.19. The van der Waals surface area contributed by atoms with Crippen LogP contribution in [0.2, 0.25) is 0 Å². The van der Waals surface area contributed by atoms with E-state index in [1.165, 1.54) is 0 Å². The van der Waals surface area contributed by atoms with Gasteiger partial charge in [-0.15, -0.1) is 0 Å². The maximum absolute atomic E-state index is 13.4. The Labute approximate surface area is 103 Å². The first-order valence-electron chi connectivity index (χ1n) is 5.51. The molecule has 1 nitrogen and oxygen atoms in total. The van der Waals surface area contributed by atoms with E-state index >= 15 is 0 Å². The van der Waals surface area contributed by atoms with Gasteiger partial charge in [0.2, 0.25) is 0 Å². The van der Waals surface area contributed by atoms with Crippen molar-refractivity contribution in [2.24, 2.45) is 0 Å². The Morgan fingerprint density at radius 2 is 1.61 bits per heavy atom. The molecule has 0 amide bonds. The van der Waals surface area contributed by atoms with Gasteiger partial charge in [0.1, 0.15) is 11.5 Å². The maximum Gasteiger partial charge on any atom is 0.152 e. The maximum atomic E-state index is 13.4. The van der Waals surface area contributed by atoms with Crippen LogP contribution in [0, 0.1) is 24.4 Å². The molecule has 0 aliphatic rings. The minimum absolute atomic E-state index is 0.284. The van der Waals surface area contributed by atoms with Gasteiger partial charge >= 0.3 is 0 Å². The van der Waals surface area contributed by atoms with E-state index in [1.54, 1.807) is 0 Å². The number of rotatable bonds is 3. The zero-order chi connectivity index (χ0) is 13.1. The number of hydrogen-bond donors (Lipinski definition) is 1. The van der Waals surface area contributed by atoms with E-state index in [1.807, 2.05) is 31.2 Å². The molecule has 0 radical (unpaired) electrons. The molecule has 0 aliphatic carbocycles. The Hall–Kier alpha value is -1.97. The van der Waals surface area contributed by atoms with Crippen molar-refractivity contribution in [2.75, 3.05) is 5.32 Å². The molecule has 0 saturated heterocycles. The second kappa shape index (κ2) is 5.12. The molecule has 0 atom stereocenters. The van der Waals surface area contributed by atoms with E-state index in [0.717, 1.165) is 11.1 Å². The largest absolute Gasteiger partial charge is 0.376 e. The fraction of sp³-hybridized carbons (Fsp3) is 0.143. The van der Waals surface area contributed by atoms with Crippen LogP contribution in [0.15, 0.2) is 36.4 Å². The molecule has 4 heteroatoms. The molecule has 2 rings (SSSR count). The molecule has 0 bridgehead atoms. The zero-order valence-electron chi connectivity index (χ0n) is 9.81. The van der Waals surface area contributed by atoms with Crippen LogP contribution in [0.25, 0.3) is 0 Å². The predicted octanol–water partition coefficient (Wildman–Crippen LogP) is 4.02. The van der Waals surface area contributed by atoms with Gasteiger partial charge in [0.05, 0.1) is 0 Å². The number of hydrogen-bond acceptors (Lipinski definition) is 1. The number of halogens is 3. The first kappa shape index (κ1) is 12.5. The van der Waals surface area contributed by atoms with E-state index in [9.17, 15) is 13.2 Å². The normalized spacial score (nSPS) is 10.4. The predicted molar refractivity (Wildman–Crippen MR) is 64.8 cm³/mol. The van der Waals surface area contributed by atoms with E-state index in [4.69, 9.17) is 0 Å². The minimum Gasteiger partial charge on any atom is -0.376 e. The van der Waals surface area contributed by atoms with Gasteiger partial charge in [0.25, 0.3) is 0 Å². The minimum atomic E-state index is -0.930. The van der Waals surface area contributed by atoms with E-state index in [2.05, 4.69) is 5.32 Å². The van der Waals surface area contributed by atoms with E-state index in [-0.39, 0.29) is 12.2 Å². The lowest BCUT2D eigenvalue weighted by molar-refractivity contribution is 0.547. The van der Waals surface area contributed by atoms with E-state index in [0.29, 0.717) is 12.1 Å². The molecule has 18 heavy (non-hydrogen) atoms. The third-order valence-corrected chi connectivity index (χ3v) is 2.72. The van der Waals surface area contributed by atoms with Crippen molar-refractivity contribution in [3.05, 3.63) is 65.0 Å². The van der Waals surface area contributed by atoms with Gasteiger partial charge in [-0.05, 0) is 18.1 Å². The summed E-state index contributed by atoms with van der Waals surface area (Å²) in [5, 5.41) is 2.65. The fourth-order valence-corrected chi connectivity index (χ4v) is 1.70. The van der Waals surface area contributed by atoms with Crippen molar-refractivity contribution in [3.8, 4) is 0 Å². The lowest BCUT2D eigenvalue weighted by atomic mass is 10.1. The summed E-state index contributed by atoms with van der Waals surface area (Å²) in [5.41, 5.74) is 1.65. The monoisotopic (exact) mass is 251 g/mol. The van der Waals surface area contributed by atoms with Crippen LogP contribution in [0.1, 0.15) is 11.1 Å². The van der Waals surface area contributed by atoms with Crippen LogP contribution in [-0.2, 0) is 6.54 Å². The van der Waals surface area contributed by atoms with Crippen LogP contribution in [0.5, 0.6) is 0 Å². The van der Waals surface area contributed by atoms with Crippen LogP contribution in [-0.4, -0.2) is 0 Å². The Bertz CT molecular complexity index is 544. The highest BCUT2D eigenvalue weighted by atomic mass is 19.1. The number of aryl methyl sites for hydroxylation is 1. The summed E-state index contributed by atoms with van der Waals surface area (Å²) in [6.07, 6.45) is 0. The topological polar surface area (TPSA) is 12.0 Å². The molecule has 0 aromatic heterocycles. The van der Waals surface area contributed by atoms with Crippen molar-refractivity contribution < 1.29 is 13.2 Å². The van der Waals surface area contributed by atoms with Crippen molar-refractivity contribution in [2.45, 2.75) is 13.5 Å². The molecule has 0 saturated carbocycles. The Balaban J connectivity index is 2.19. The molecule has 0 unspecified atom stereocenters. The van der Waals surface area contributed by atoms with Gasteiger partial charge in [0.15, 0.2) is 11.6 Å². The molecular weight excluding hydrogens is 239 g/mol. The number of benzene rings is 2. The van der Waals surface area contributed by atoms with E-state index < -0.39 is 17.5 Å². The molecule has 0 fully saturated rings. The van der Waals surface area contributed by atoms with Gasteiger partial charge < -0.3 is 5.32 Å². The summed E-state index contributed by atoms with van der Waals surface area (Å²) in [6, 6.07) is 8.82. The summed E-state index contributed by atoms with van der Waals surface area (Å²) in [4.78, 5) is 0. The van der Waals surface area contributed by atoms with Crippen LogP contribution in [0.4, 0.5) is 18.9 Å². The SMILES string of the molecule is Cc1ccccc1CNc1c(F)cc(F)cc1F. The lowest BCUT2D eigenvalue weighted by Gasteiger charge is -2.10. The first-order chi connectivity index (χ1) is 8.58. The van der Waals surface area contributed by atoms with Crippen LogP contribution < -0.4 is 5.32 Å². The highest BCUT2D eigenvalue weighted by Gasteiger charge is 2.11. The highest BCUT2D eigenvalue weighted by molar-refractivity contribution is 5.47. The summed E-state index contributed by atoms with van der Waals surface area (Å²) in [7, 11) is 0. The van der Waals surface area contributed by atoms with Crippen LogP contribution >= 0.6 is 0 Å². The molecular formula is C14H12F3N. The third-order valence-electron chi connectivity index (χ3n) is 2.72. The second-order valence-electron chi connectivity index (χ2n) is 4.02. The fourth-order valence-electron chi connectivity index (χ4n) is 1.70. The van der Waals surface area contributed by atoms with Crippen molar-refractivity contribution >= 4 is 5.69 Å². The second-order valence-corrected chi connectivity index (χ2v) is 4.02. The number of nitrogens with one attached hydrogen (secondary N) is 1. The average molecular weight is 251 g/mol. The zero-order valence-corrected chi connectivity index (χ0v) is 9.81. The molecule has 2 aromatic carbocycles. The first-order valence-corrected chi connectivity index (χ1v) is 5.51. The molecule has 0 aliphatic heterocycles. The van der Waals surface area contributed by atoms with Gasteiger partial charge in [-0.1, -0.05) is 24.3 Å². The third kappa shape index (κ3) is 2.64. The summed E-state index contributed by atoms with van der Waals surface area (Å²) < 4.78 is 39.5. The van der Waals surface area contributed by atoms with Crippen molar-refractivity contribution in [1.82, 2.24) is 0 Å². The Kier molecular flexibility index (Phi) is 3.55. The molecule has 2 aromatic rings. The van der Waals surface area contributed by atoms with Crippen molar-refractivity contribution in [3.63, 3.8) is 0 Å². The van der Waals surface area contributed by atoms with Gasteiger partial charge in [-0.3, -0.25) is 0 Å². The smallest absolute Gasteiger partial charge is 0.152 e. The van der Waals surface area contributed by atoms with Gasteiger partial charge in [0, 0.05) is 18.7 Å². The Morgan fingerprint density at radius 3 is 2.22 bits per heavy atom. The Morgan fingerprint density at radius 1 is 1.00 bits per heavy atom.